The molecule has 2 aromatic carbocycles. The highest BCUT2D eigenvalue weighted by Crippen LogP contribution is 2.23. The molecule has 0 aliphatic heterocycles. The number of fused-ring (bicyclic) bond motifs is 1. The van der Waals surface area contributed by atoms with E-state index in [0.717, 1.165) is 22.9 Å². The van der Waals surface area contributed by atoms with Gasteiger partial charge in [-0.1, -0.05) is 19.1 Å². The highest BCUT2D eigenvalue weighted by molar-refractivity contribution is 7.89. The second kappa shape index (κ2) is 5.59. The first-order valence-corrected chi connectivity index (χ1v) is 7.62. The summed E-state index contributed by atoms with van der Waals surface area (Å²) in [7, 11) is -1.81. The molecule has 0 spiro atoms. The summed E-state index contributed by atoms with van der Waals surface area (Å²) in [5.74, 6) is 0.757. The maximum absolute atomic E-state index is 12.0. The zero-order valence-corrected chi connectivity index (χ0v) is 11.8. The van der Waals surface area contributed by atoms with Gasteiger partial charge in [-0.2, -0.15) is 0 Å². The average Bonchev–Trinajstić information content (AvgIpc) is 2.44. The fourth-order valence-electron chi connectivity index (χ4n) is 1.82. The molecule has 0 radical (unpaired) electrons. The molecule has 0 amide bonds. The van der Waals surface area contributed by atoms with Crippen molar-refractivity contribution in [2.24, 2.45) is 0 Å². The topological polar surface area (TPSA) is 55.4 Å². The molecule has 0 atom stereocenters. The summed E-state index contributed by atoms with van der Waals surface area (Å²) >= 11 is 0. The summed E-state index contributed by atoms with van der Waals surface area (Å²) in [6, 6.07) is 10.6. The molecule has 2 aromatic rings. The van der Waals surface area contributed by atoms with Crippen molar-refractivity contribution >= 4 is 20.8 Å². The van der Waals surface area contributed by atoms with Crippen LogP contribution in [-0.4, -0.2) is 22.1 Å². The number of methoxy groups -OCH3 is 1. The summed E-state index contributed by atoms with van der Waals surface area (Å²) in [6.45, 7) is 2.37. The zero-order valence-electron chi connectivity index (χ0n) is 11.0. The molecule has 0 saturated carbocycles. The smallest absolute Gasteiger partial charge is 0.240 e. The molecule has 0 aromatic heterocycles. The van der Waals surface area contributed by atoms with Gasteiger partial charge in [-0.15, -0.1) is 0 Å². The van der Waals surface area contributed by atoms with E-state index in [1.165, 1.54) is 0 Å². The van der Waals surface area contributed by atoms with Crippen molar-refractivity contribution in [2.75, 3.05) is 13.7 Å². The standard InChI is InChI=1S/C14H17NO3S/c1-3-8-15-19(16,17)14-7-5-11-9-13(18-2)6-4-12(11)10-14/h4-7,9-10,15H,3,8H2,1-2H3. The van der Waals surface area contributed by atoms with Gasteiger partial charge in [0, 0.05) is 6.54 Å². The molecule has 102 valence electrons. The van der Waals surface area contributed by atoms with Crippen molar-refractivity contribution in [3.05, 3.63) is 36.4 Å². The lowest BCUT2D eigenvalue weighted by molar-refractivity contribution is 0.415. The van der Waals surface area contributed by atoms with Crippen molar-refractivity contribution in [1.82, 2.24) is 4.72 Å². The van der Waals surface area contributed by atoms with Crippen LogP contribution in [0.1, 0.15) is 13.3 Å². The fraction of sp³-hybridized carbons (Fsp3) is 0.286. The SMILES string of the molecule is CCCNS(=O)(=O)c1ccc2cc(OC)ccc2c1. The molecule has 0 aliphatic carbocycles. The molecule has 4 nitrogen and oxygen atoms in total. The van der Waals surface area contributed by atoms with Crippen LogP contribution in [0, 0.1) is 0 Å². The van der Waals surface area contributed by atoms with Crippen molar-refractivity contribution in [2.45, 2.75) is 18.2 Å². The first-order chi connectivity index (χ1) is 9.06. The number of benzene rings is 2. The van der Waals surface area contributed by atoms with Gasteiger partial charge in [0.25, 0.3) is 0 Å². The quantitative estimate of drug-likeness (QED) is 0.915. The molecule has 0 aliphatic rings. The monoisotopic (exact) mass is 279 g/mol. The largest absolute Gasteiger partial charge is 0.497 e. The molecular formula is C14H17NO3S. The summed E-state index contributed by atoms with van der Waals surface area (Å²) in [6.07, 6.45) is 0.768. The average molecular weight is 279 g/mol. The number of nitrogens with one attached hydrogen (secondary N) is 1. The molecule has 0 fully saturated rings. The summed E-state index contributed by atoms with van der Waals surface area (Å²) < 4.78 is 31.7. The molecule has 0 bridgehead atoms. The third-order valence-electron chi connectivity index (χ3n) is 2.87. The Morgan fingerprint density at radius 1 is 1.11 bits per heavy atom. The molecule has 0 saturated heterocycles. The van der Waals surface area contributed by atoms with Crippen LogP contribution in [0.15, 0.2) is 41.3 Å². The Morgan fingerprint density at radius 2 is 1.79 bits per heavy atom. The van der Waals surface area contributed by atoms with Crippen molar-refractivity contribution in [3.63, 3.8) is 0 Å². The van der Waals surface area contributed by atoms with E-state index in [0.29, 0.717) is 11.4 Å². The Labute approximate surface area is 113 Å². The number of rotatable bonds is 5. The van der Waals surface area contributed by atoms with Crippen LogP contribution in [0.3, 0.4) is 0 Å². The Morgan fingerprint density at radius 3 is 2.47 bits per heavy atom. The van der Waals surface area contributed by atoms with Crippen LogP contribution < -0.4 is 9.46 Å². The Kier molecular flexibility index (Phi) is 4.07. The highest BCUT2D eigenvalue weighted by Gasteiger charge is 2.13. The number of ether oxygens (including phenoxy) is 1. The van der Waals surface area contributed by atoms with Gasteiger partial charge in [0.2, 0.25) is 10.0 Å². The minimum Gasteiger partial charge on any atom is -0.497 e. The van der Waals surface area contributed by atoms with Crippen LogP contribution in [-0.2, 0) is 10.0 Å². The van der Waals surface area contributed by atoms with Gasteiger partial charge in [0.15, 0.2) is 0 Å². The molecule has 2 rings (SSSR count). The van der Waals surface area contributed by atoms with E-state index in [4.69, 9.17) is 4.74 Å². The molecule has 0 heterocycles. The summed E-state index contributed by atoms with van der Waals surface area (Å²) in [5.41, 5.74) is 0. The zero-order chi connectivity index (χ0) is 13.9. The first kappa shape index (κ1) is 13.8. The van der Waals surface area contributed by atoms with Crippen molar-refractivity contribution in [1.29, 1.82) is 0 Å². The highest BCUT2D eigenvalue weighted by atomic mass is 32.2. The Balaban J connectivity index is 2.42. The number of hydrogen-bond donors (Lipinski definition) is 1. The second-order valence-electron chi connectivity index (χ2n) is 4.27. The van der Waals surface area contributed by atoms with Crippen LogP contribution >= 0.6 is 0 Å². The fourth-order valence-corrected chi connectivity index (χ4v) is 2.98. The third-order valence-corrected chi connectivity index (χ3v) is 4.33. The first-order valence-electron chi connectivity index (χ1n) is 6.14. The lowest BCUT2D eigenvalue weighted by atomic mass is 10.1. The van der Waals surface area contributed by atoms with Gasteiger partial charge in [-0.25, -0.2) is 13.1 Å². The molecule has 19 heavy (non-hydrogen) atoms. The Bertz CT molecular complexity index is 680. The summed E-state index contributed by atoms with van der Waals surface area (Å²) in [4.78, 5) is 0.290. The predicted molar refractivity (Wildman–Crippen MR) is 76.0 cm³/mol. The predicted octanol–water partition coefficient (Wildman–Crippen LogP) is 2.54. The van der Waals surface area contributed by atoms with Gasteiger partial charge < -0.3 is 4.74 Å². The lowest BCUT2D eigenvalue weighted by Crippen LogP contribution is -2.24. The van der Waals surface area contributed by atoms with E-state index in [1.54, 1.807) is 25.3 Å². The third kappa shape index (κ3) is 3.05. The molecule has 0 unspecified atom stereocenters. The van der Waals surface area contributed by atoms with Crippen molar-refractivity contribution in [3.8, 4) is 5.75 Å². The number of sulfonamides is 1. The van der Waals surface area contributed by atoms with Crippen LogP contribution in [0.2, 0.25) is 0 Å². The normalized spacial score (nSPS) is 11.7. The van der Waals surface area contributed by atoms with Gasteiger partial charge in [-0.05, 0) is 41.5 Å². The van der Waals surface area contributed by atoms with Gasteiger partial charge in [0.1, 0.15) is 5.75 Å². The van der Waals surface area contributed by atoms with E-state index in [9.17, 15) is 8.42 Å². The molecular weight excluding hydrogens is 262 g/mol. The van der Waals surface area contributed by atoms with Gasteiger partial charge in [0.05, 0.1) is 12.0 Å². The van der Waals surface area contributed by atoms with E-state index in [1.807, 2.05) is 25.1 Å². The van der Waals surface area contributed by atoms with Crippen molar-refractivity contribution < 1.29 is 13.2 Å². The van der Waals surface area contributed by atoms with Gasteiger partial charge >= 0.3 is 0 Å². The van der Waals surface area contributed by atoms with E-state index in [2.05, 4.69) is 4.72 Å². The summed E-state index contributed by atoms with van der Waals surface area (Å²) in [5, 5.41) is 1.83. The second-order valence-corrected chi connectivity index (χ2v) is 6.04. The number of hydrogen-bond acceptors (Lipinski definition) is 3. The lowest BCUT2D eigenvalue weighted by Gasteiger charge is -2.07. The van der Waals surface area contributed by atoms with E-state index in [-0.39, 0.29) is 0 Å². The van der Waals surface area contributed by atoms with Crippen LogP contribution in [0.5, 0.6) is 5.75 Å². The van der Waals surface area contributed by atoms with Gasteiger partial charge in [-0.3, -0.25) is 0 Å². The minimum absolute atomic E-state index is 0.290. The van der Waals surface area contributed by atoms with E-state index < -0.39 is 10.0 Å². The van der Waals surface area contributed by atoms with E-state index >= 15 is 0 Å². The Hall–Kier alpha value is -1.59. The van der Waals surface area contributed by atoms with Crippen LogP contribution in [0.4, 0.5) is 0 Å². The minimum atomic E-state index is -3.41. The molecule has 1 N–H and O–H groups in total. The maximum atomic E-state index is 12.0. The molecule has 5 heteroatoms. The maximum Gasteiger partial charge on any atom is 0.240 e. The van der Waals surface area contributed by atoms with Crippen LogP contribution in [0.25, 0.3) is 10.8 Å².